The van der Waals surface area contributed by atoms with Crippen LogP contribution in [0, 0.1) is 5.21 Å². The zero-order valence-electron chi connectivity index (χ0n) is 10.6. The van der Waals surface area contributed by atoms with Gasteiger partial charge in [0.15, 0.2) is 12.3 Å². The molecule has 2 rings (SSSR count). The van der Waals surface area contributed by atoms with Crippen molar-refractivity contribution in [2.75, 3.05) is 0 Å². The average molecular weight is 252 g/mol. The molecule has 3 nitrogen and oxygen atoms in total. The van der Waals surface area contributed by atoms with E-state index in [9.17, 15) is 5.21 Å². The Morgan fingerprint density at radius 2 is 1.84 bits per heavy atom. The summed E-state index contributed by atoms with van der Waals surface area (Å²) in [6.45, 7) is 3.72. The van der Waals surface area contributed by atoms with Crippen molar-refractivity contribution >= 4 is 6.21 Å². The lowest BCUT2D eigenvalue weighted by atomic mass is 10.1. The minimum Gasteiger partial charge on any atom is -0.623 e. The lowest BCUT2D eigenvalue weighted by molar-refractivity contribution is -0.502. The SMILES string of the molecule is C=CCC(c1ccncc1)/[N+]([O-])=C\c1ccccc1. The normalized spacial score (nSPS) is 12.9. The van der Waals surface area contributed by atoms with Crippen LogP contribution in [0.25, 0.3) is 0 Å². The maximum Gasteiger partial charge on any atom is 0.192 e. The number of nitrogens with zero attached hydrogens (tertiary/aromatic N) is 2. The van der Waals surface area contributed by atoms with E-state index < -0.39 is 0 Å². The minimum absolute atomic E-state index is 0.263. The maximum atomic E-state index is 12.3. The Labute approximate surface area is 113 Å². The molecule has 0 bridgehead atoms. The molecule has 0 N–H and O–H groups in total. The van der Waals surface area contributed by atoms with Crippen LogP contribution in [0.5, 0.6) is 0 Å². The third-order valence-electron chi connectivity index (χ3n) is 2.86. The van der Waals surface area contributed by atoms with Crippen LogP contribution in [-0.2, 0) is 0 Å². The standard InChI is InChI=1S/C16H16N2O/c1-2-6-16(15-9-11-17-12-10-15)18(19)13-14-7-4-3-5-8-14/h2-5,7-13,16H,1,6H2/b18-13+. The fourth-order valence-corrected chi connectivity index (χ4v) is 1.91. The van der Waals surface area contributed by atoms with Crippen LogP contribution in [0.3, 0.4) is 0 Å². The summed E-state index contributed by atoms with van der Waals surface area (Å²) in [6.07, 6.45) is 7.35. The van der Waals surface area contributed by atoms with Crippen molar-refractivity contribution in [3.63, 3.8) is 0 Å². The summed E-state index contributed by atoms with van der Waals surface area (Å²) in [5.41, 5.74) is 1.83. The summed E-state index contributed by atoms with van der Waals surface area (Å²) in [4.78, 5) is 3.97. The fraction of sp³-hybridized carbons (Fsp3) is 0.125. The Morgan fingerprint density at radius 1 is 1.16 bits per heavy atom. The van der Waals surface area contributed by atoms with Crippen LogP contribution in [0.2, 0.25) is 0 Å². The molecular weight excluding hydrogens is 236 g/mol. The van der Waals surface area contributed by atoms with Crippen molar-refractivity contribution in [3.05, 3.63) is 83.8 Å². The second-order valence-corrected chi connectivity index (χ2v) is 4.22. The third-order valence-corrected chi connectivity index (χ3v) is 2.86. The quantitative estimate of drug-likeness (QED) is 0.269. The Kier molecular flexibility index (Phi) is 4.45. The topological polar surface area (TPSA) is 39.0 Å². The first-order valence-electron chi connectivity index (χ1n) is 6.17. The van der Waals surface area contributed by atoms with Crippen LogP contribution < -0.4 is 0 Å². The molecule has 0 aliphatic rings. The molecule has 0 radical (unpaired) electrons. The molecule has 0 aliphatic carbocycles. The number of benzene rings is 1. The number of pyridine rings is 1. The summed E-state index contributed by atoms with van der Waals surface area (Å²) < 4.78 is 0.979. The second-order valence-electron chi connectivity index (χ2n) is 4.22. The monoisotopic (exact) mass is 252 g/mol. The number of rotatable bonds is 5. The molecule has 1 unspecified atom stereocenters. The van der Waals surface area contributed by atoms with Crippen molar-refractivity contribution in [2.24, 2.45) is 0 Å². The molecular formula is C16H16N2O. The van der Waals surface area contributed by atoms with Gasteiger partial charge in [-0.1, -0.05) is 24.3 Å². The number of hydrogen-bond acceptors (Lipinski definition) is 2. The van der Waals surface area contributed by atoms with Gasteiger partial charge >= 0.3 is 0 Å². The predicted molar refractivity (Wildman–Crippen MR) is 77.0 cm³/mol. The molecule has 2 aromatic rings. The summed E-state index contributed by atoms with van der Waals surface area (Å²) in [5.74, 6) is 0. The lowest BCUT2D eigenvalue weighted by Gasteiger charge is -2.15. The van der Waals surface area contributed by atoms with E-state index in [2.05, 4.69) is 11.6 Å². The van der Waals surface area contributed by atoms with E-state index in [1.807, 2.05) is 42.5 Å². The van der Waals surface area contributed by atoms with Gasteiger partial charge in [-0.15, -0.1) is 6.58 Å². The largest absolute Gasteiger partial charge is 0.623 e. The van der Waals surface area contributed by atoms with Crippen LogP contribution in [-0.4, -0.2) is 15.9 Å². The number of hydrogen-bond donors (Lipinski definition) is 0. The van der Waals surface area contributed by atoms with Crippen LogP contribution >= 0.6 is 0 Å². The zero-order chi connectivity index (χ0) is 13.5. The second kappa shape index (κ2) is 6.50. The van der Waals surface area contributed by atoms with E-state index in [4.69, 9.17) is 0 Å². The van der Waals surface area contributed by atoms with Crippen molar-refractivity contribution in [1.29, 1.82) is 0 Å². The molecule has 1 atom stereocenters. The molecule has 1 heterocycles. The van der Waals surface area contributed by atoms with Crippen LogP contribution in [0.15, 0.2) is 67.5 Å². The van der Waals surface area contributed by atoms with E-state index in [-0.39, 0.29) is 6.04 Å². The van der Waals surface area contributed by atoms with E-state index in [0.29, 0.717) is 6.42 Å². The maximum absolute atomic E-state index is 12.3. The molecule has 0 saturated carbocycles. The van der Waals surface area contributed by atoms with Gasteiger partial charge in [0.1, 0.15) is 0 Å². The van der Waals surface area contributed by atoms with Crippen LogP contribution in [0.4, 0.5) is 0 Å². The van der Waals surface area contributed by atoms with Crippen molar-refractivity contribution in [3.8, 4) is 0 Å². The predicted octanol–water partition coefficient (Wildman–Crippen LogP) is 3.33. The molecule has 1 aromatic heterocycles. The minimum atomic E-state index is -0.263. The van der Waals surface area contributed by atoms with Crippen LogP contribution in [0.1, 0.15) is 23.6 Å². The smallest absolute Gasteiger partial charge is 0.192 e. The Morgan fingerprint density at radius 3 is 2.47 bits per heavy atom. The van der Waals surface area contributed by atoms with Gasteiger partial charge in [-0.3, -0.25) is 4.98 Å². The Hall–Kier alpha value is -2.42. The van der Waals surface area contributed by atoms with E-state index in [1.54, 1.807) is 24.7 Å². The molecule has 1 aromatic carbocycles. The van der Waals surface area contributed by atoms with Gasteiger partial charge in [-0.25, -0.2) is 4.74 Å². The molecule has 19 heavy (non-hydrogen) atoms. The highest BCUT2D eigenvalue weighted by Crippen LogP contribution is 2.20. The highest BCUT2D eigenvalue weighted by atomic mass is 16.5. The van der Waals surface area contributed by atoms with Gasteiger partial charge in [0, 0.05) is 29.9 Å². The van der Waals surface area contributed by atoms with Crippen molar-refractivity contribution in [2.45, 2.75) is 12.5 Å². The lowest BCUT2D eigenvalue weighted by Crippen LogP contribution is -2.14. The first kappa shape index (κ1) is 13.0. The van der Waals surface area contributed by atoms with Crippen molar-refractivity contribution in [1.82, 2.24) is 4.98 Å². The number of hydroxylamine groups is 1. The Balaban J connectivity index is 2.29. The van der Waals surface area contributed by atoms with Gasteiger partial charge in [0.05, 0.1) is 0 Å². The van der Waals surface area contributed by atoms with Crippen molar-refractivity contribution < 1.29 is 4.74 Å². The fourth-order valence-electron chi connectivity index (χ4n) is 1.91. The van der Waals surface area contributed by atoms with E-state index in [1.165, 1.54) is 0 Å². The molecule has 0 spiro atoms. The van der Waals surface area contributed by atoms with E-state index >= 15 is 0 Å². The third kappa shape index (κ3) is 3.52. The summed E-state index contributed by atoms with van der Waals surface area (Å²) in [5, 5.41) is 12.3. The molecule has 0 aliphatic heterocycles. The van der Waals surface area contributed by atoms with Gasteiger partial charge in [0.25, 0.3) is 0 Å². The van der Waals surface area contributed by atoms with Gasteiger partial charge in [0.2, 0.25) is 0 Å². The number of aromatic nitrogens is 1. The highest BCUT2D eigenvalue weighted by Gasteiger charge is 2.16. The zero-order valence-corrected chi connectivity index (χ0v) is 10.6. The molecule has 96 valence electrons. The summed E-state index contributed by atoms with van der Waals surface area (Å²) >= 11 is 0. The van der Waals surface area contributed by atoms with Gasteiger partial charge < -0.3 is 5.21 Å². The molecule has 3 heteroatoms. The highest BCUT2D eigenvalue weighted by molar-refractivity contribution is 5.75. The first-order valence-corrected chi connectivity index (χ1v) is 6.17. The van der Waals surface area contributed by atoms with E-state index in [0.717, 1.165) is 15.9 Å². The average Bonchev–Trinajstić information content (AvgIpc) is 2.46. The molecule has 0 amide bonds. The van der Waals surface area contributed by atoms with Gasteiger partial charge in [-0.05, 0) is 24.3 Å². The first-order chi connectivity index (χ1) is 9.31. The summed E-state index contributed by atoms with van der Waals surface area (Å²) in [7, 11) is 0. The Bertz CT molecular complexity index is 549. The molecule has 0 fully saturated rings. The summed E-state index contributed by atoms with van der Waals surface area (Å²) in [6, 6.07) is 13.0. The van der Waals surface area contributed by atoms with Gasteiger partial charge in [-0.2, -0.15) is 0 Å². The molecule has 0 saturated heterocycles.